The lowest BCUT2D eigenvalue weighted by Gasteiger charge is -2.15. The molecule has 0 aromatic heterocycles. The van der Waals surface area contributed by atoms with Crippen LogP contribution >= 0.6 is 0 Å². The van der Waals surface area contributed by atoms with Crippen molar-refractivity contribution in [3.63, 3.8) is 0 Å². The molecule has 1 aromatic rings. The van der Waals surface area contributed by atoms with Crippen LogP contribution in [0.2, 0.25) is 0 Å². The van der Waals surface area contributed by atoms with Crippen LogP contribution in [0.1, 0.15) is 18.9 Å². The number of hydrogen-bond donors (Lipinski definition) is 2. The quantitative estimate of drug-likeness (QED) is 0.776. The Bertz CT molecular complexity index is 546. The second kappa shape index (κ2) is 6.31. The number of rotatable bonds is 6. The largest absolute Gasteiger partial charge is 0.398 e. The first-order chi connectivity index (χ1) is 8.77. The molecule has 0 heterocycles. The van der Waals surface area contributed by atoms with Gasteiger partial charge in [0.2, 0.25) is 10.0 Å². The van der Waals surface area contributed by atoms with E-state index in [0.717, 1.165) is 12.1 Å². The number of anilines is 1. The van der Waals surface area contributed by atoms with E-state index < -0.39 is 20.7 Å². The van der Waals surface area contributed by atoms with Crippen molar-refractivity contribution in [3.05, 3.63) is 23.5 Å². The van der Waals surface area contributed by atoms with Crippen molar-refractivity contribution in [2.75, 3.05) is 19.5 Å². The second-order valence-electron chi connectivity index (χ2n) is 4.44. The number of hydrogen-bond acceptors (Lipinski definition) is 4. The topological polar surface area (TPSA) is 81.4 Å². The van der Waals surface area contributed by atoms with E-state index in [1.165, 1.54) is 7.11 Å². The van der Waals surface area contributed by atoms with Gasteiger partial charge in [-0.3, -0.25) is 0 Å². The highest BCUT2D eigenvalue weighted by Crippen LogP contribution is 2.21. The van der Waals surface area contributed by atoms with Crippen LogP contribution in [0.3, 0.4) is 0 Å². The third-order valence-corrected chi connectivity index (χ3v) is 4.33. The Morgan fingerprint density at radius 1 is 1.47 bits per heavy atom. The van der Waals surface area contributed by atoms with Crippen molar-refractivity contribution in [3.8, 4) is 0 Å². The Hall–Kier alpha value is -1.18. The summed E-state index contributed by atoms with van der Waals surface area (Å²) >= 11 is 0. The van der Waals surface area contributed by atoms with Gasteiger partial charge in [-0.1, -0.05) is 0 Å². The van der Waals surface area contributed by atoms with E-state index in [1.54, 1.807) is 13.8 Å². The highest BCUT2D eigenvalue weighted by atomic mass is 32.2. The summed E-state index contributed by atoms with van der Waals surface area (Å²) < 4.78 is 45.1. The van der Waals surface area contributed by atoms with Crippen molar-refractivity contribution in [1.29, 1.82) is 0 Å². The number of sulfonamides is 1. The minimum Gasteiger partial charge on any atom is -0.398 e. The third-order valence-electron chi connectivity index (χ3n) is 2.72. The molecule has 0 radical (unpaired) electrons. The summed E-state index contributed by atoms with van der Waals surface area (Å²) in [5.74, 6) is -0.807. The van der Waals surface area contributed by atoms with E-state index in [4.69, 9.17) is 10.5 Å². The smallest absolute Gasteiger partial charge is 0.243 e. The summed E-state index contributed by atoms with van der Waals surface area (Å²) in [6.45, 7) is 3.72. The highest BCUT2D eigenvalue weighted by Gasteiger charge is 2.22. The molecular weight excluding hydrogens is 271 g/mol. The number of nitrogens with one attached hydrogen (secondary N) is 1. The highest BCUT2D eigenvalue weighted by molar-refractivity contribution is 7.89. The van der Waals surface area contributed by atoms with Crippen LogP contribution < -0.4 is 10.5 Å². The molecule has 108 valence electrons. The number of aryl methyl sites for hydroxylation is 1. The van der Waals surface area contributed by atoms with Crippen LogP contribution in [0, 0.1) is 12.7 Å². The lowest BCUT2D eigenvalue weighted by molar-refractivity contribution is 0.188. The van der Waals surface area contributed by atoms with Gasteiger partial charge in [0, 0.05) is 25.4 Å². The first-order valence-corrected chi connectivity index (χ1v) is 7.33. The molecule has 1 atom stereocenters. The molecule has 1 rings (SSSR count). The molecular formula is C12H19FN2O3S. The molecule has 0 saturated heterocycles. The molecule has 0 bridgehead atoms. The van der Waals surface area contributed by atoms with Gasteiger partial charge in [0.25, 0.3) is 0 Å². The van der Waals surface area contributed by atoms with Crippen molar-refractivity contribution in [1.82, 2.24) is 4.72 Å². The summed E-state index contributed by atoms with van der Waals surface area (Å²) in [5, 5.41) is 0. The maximum absolute atomic E-state index is 13.7. The zero-order valence-electron chi connectivity index (χ0n) is 11.2. The van der Waals surface area contributed by atoms with Crippen LogP contribution in [-0.4, -0.2) is 28.2 Å². The molecule has 5 nitrogen and oxygen atoms in total. The standard InChI is InChI=1S/C12H19FN2O3S/c1-8-6-10(13)12(7-11(8)14)19(16,17)15-9(2)4-5-18-3/h6-7,9,15H,4-5,14H2,1-3H3. The molecule has 0 saturated carbocycles. The molecule has 0 spiro atoms. The molecule has 0 amide bonds. The van der Waals surface area contributed by atoms with E-state index in [9.17, 15) is 12.8 Å². The zero-order valence-corrected chi connectivity index (χ0v) is 12.1. The monoisotopic (exact) mass is 290 g/mol. The summed E-state index contributed by atoms with van der Waals surface area (Å²) in [7, 11) is -2.39. The zero-order chi connectivity index (χ0) is 14.6. The van der Waals surface area contributed by atoms with Crippen LogP contribution in [0.15, 0.2) is 17.0 Å². The van der Waals surface area contributed by atoms with Crippen molar-refractivity contribution < 1.29 is 17.5 Å². The van der Waals surface area contributed by atoms with Gasteiger partial charge in [0.05, 0.1) is 0 Å². The van der Waals surface area contributed by atoms with Gasteiger partial charge in [-0.15, -0.1) is 0 Å². The SMILES string of the molecule is COCCC(C)NS(=O)(=O)c1cc(N)c(C)cc1F. The Kier molecular flexibility index (Phi) is 5.28. The van der Waals surface area contributed by atoms with Gasteiger partial charge < -0.3 is 10.5 Å². The van der Waals surface area contributed by atoms with Crippen LogP contribution in [0.25, 0.3) is 0 Å². The number of ether oxygens (including phenoxy) is 1. The van der Waals surface area contributed by atoms with Gasteiger partial charge in [-0.2, -0.15) is 0 Å². The molecule has 19 heavy (non-hydrogen) atoms. The Labute approximate surface area is 113 Å². The summed E-state index contributed by atoms with van der Waals surface area (Å²) in [4.78, 5) is -0.431. The van der Waals surface area contributed by atoms with Gasteiger partial charge in [0.15, 0.2) is 0 Å². The summed E-state index contributed by atoms with van der Waals surface area (Å²) in [6, 6.07) is 1.90. The van der Waals surface area contributed by atoms with E-state index in [-0.39, 0.29) is 11.7 Å². The maximum Gasteiger partial charge on any atom is 0.243 e. The van der Waals surface area contributed by atoms with Crippen LogP contribution in [-0.2, 0) is 14.8 Å². The van der Waals surface area contributed by atoms with E-state index in [0.29, 0.717) is 18.6 Å². The van der Waals surface area contributed by atoms with Crippen molar-refractivity contribution >= 4 is 15.7 Å². The first kappa shape index (κ1) is 15.9. The van der Waals surface area contributed by atoms with Gasteiger partial charge >= 0.3 is 0 Å². The van der Waals surface area contributed by atoms with Crippen LogP contribution in [0.5, 0.6) is 0 Å². The minimum atomic E-state index is -3.92. The normalized spacial score (nSPS) is 13.5. The number of nitrogens with two attached hydrogens (primary N) is 1. The second-order valence-corrected chi connectivity index (χ2v) is 6.13. The number of halogens is 1. The number of methoxy groups -OCH3 is 1. The van der Waals surface area contributed by atoms with Crippen molar-refractivity contribution in [2.24, 2.45) is 0 Å². The Morgan fingerprint density at radius 3 is 2.68 bits per heavy atom. The molecule has 0 fully saturated rings. The van der Waals surface area contributed by atoms with Gasteiger partial charge in [-0.25, -0.2) is 17.5 Å². The fraction of sp³-hybridized carbons (Fsp3) is 0.500. The van der Waals surface area contributed by atoms with E-state index in [2.05, 4.69) is 4.72 Å². The predicted octanol–water partition coefficient (Wildman–Crippen LogP) is 1.42. The molecule has 1 aromatic carbocycles. The average molecular weight is 290 g/mol. The number of nitrogen functional groups attached to an aromatic ring is 1. The van der Waals surface area contributed by atoms with E-state index in [1.807, 2.05) is 0 Å². The van der Waals surface area contributed by atoms with Gasteiger partial charge in [0.1, 0.15) is 10.7 Å². The molecule has 1 unspecified atom stereocenters. The van der Waals surface area contributed by atoms with Crippen molar-refractivity contribution in [2.45, 2.75) is 31.2 Å². The Balaban J connectivity index is 2.98. The van der Waals surface area contributed by atoms with Crippen LogP contribution in [0.4, 0.5) is 10.1 Å². The third kappa shape index (κ3) is 4.15. The molecule has 7 heteroatoms. The fourth-order valence-electron chi connectivity index (χ4n) is 1.56. The lowest BCUT2D eigenvalue weighted by atomic mass is 10.2. The molecule has 0 aliphatic rings. The number of benzene rings is 1. The Morgan fingerprint density at radius 2 is 2.11 bits per heavy atom. The van der Waals surface area contributed by atoms with Gasteiger partial charge in [-0.05, 0) is 38.0 Å². The fourth-order valence-corrected chi connectivity index (χ4v) is 2.93. The van der Waals surface area contributed by atoms with E-state index >= 15 is 0 Å². The minimum absolute atomic E-state index is 0.242. The summed E-state index contributed by atoms with van der Waals surface area (Å²) in [6.07, 6.45) is 0.499. The molecule has 0 aliphatic heterocycles. The molecule has 0 aliphatic carbocycles. The first-order valence-electron chi connectivity index (χ1n) is 5.85. The maximum atomic E-state index is 13.7. The lowest BCUT2D eigenvalue weighted by Crippen LogP contribution is -2.34. The average Bonchev–Trinajstić information content (AvgIpc) is 2.30. The summed E-state index contributed by atoms with van der Waals surface area (Å²) in [5.41, 5.74) is 6.36. The molecule has 3 N–H and O–H groups in total. The predicted molar refractivity (Wildman–Crippen MR) is 71.8 cm³/mol.